The molecular weight excluding hydrogens is 164 g/mol. The van der Waals surface area contributed by atoms with E-state index in [9.17, 15) is 4.79 Å². The average Bonchev–Trinajstić information content (AvgIpc) is 1.96. The molecule has 0 bridgehead atoms. The van der Waals surface area contributed by atoms with Gasteiger partial charge in [-0.25, -0.2) is 4.79 Å². The SMILES string of the molecule is CSCCNCCOC(N)=O. The van der Waals surface area contributed by atoms with Gasteiger partial charge in [0.25, 0.3) is 0 Å². The first kappa shape index (κ1) is 10.6. The maximum atomic E-state index is 10.1. The van der Waals surface area contributed by atoms with Crippen molar-refractivity contribution >= 4 is 17.9 Å². The zero-order valence-corrected chi connectivity index (χ0v) is 7.45. The Labute approximate surface area is 70.9 Å². The lowest BCUT2D eigenvalue weighted by Crippen LogP contribution is -2.25. The van der Waals surface area contributed by atoms with Crippen molar-refractivity contribution in [3.8, 4) is 0 Å². The van der Waals surface area contributed by atoms with E-state index < -0.39 is 6.09 Å². The van der Waals surface area contributed by atoms with Gasteiger partial charge >= 0.3 is 6.09 Å². The molecule has 0 atom stereocenters. The summed E-state index contributed by atoms with van der Waals surface area (Å²) in [5, 5.41) is 3.09. The van der Waals surface area contributed by atoms with Crippen molar-refractivity contribution in [1.29, 1.82) is 0 Å². The summed E-state index contributed by atoms with van der Waals surface area (Å²) in [5.41, 5.74) is 4.74. The molecule has 3 N–H and O–H groups in total. The van der Waals surface area contributed by atoms with E-state index in [1.807, 2.05) is 6.26 Å². The number of nitrogens with two attached hydrogens (primary N) is 1. The van der Waals surface area contributed by atoms with Gasteiger partial charge in [-0.1, -0.05) is 0 Å². The Balaban J connectivity index is 2.85. The molecule has 5 heteroatoms. The predicted octanol–water partition coefficient (Wildman–Crippen LogP) is 0.0343. The van der Waals surface area contributed by atoms with Gasteiger partial charge < -0.3 is 15.8 Å². The third-order valence-electron chi connectivity index (χ3n) is 1.01. The molecule has 0 aromatic heterocycles. The number of carbonyl (C=O) groups excluding carboxylic acids is 1. The van der Waals surface area contributed by atoms with Gasteiger partial charge in [0.15, 0.2) is 0 Å². The molecule has 0 saturated heterocycles. The highest BCUT2D eigenvalue weighted by Crippen LogP contribution is 1.86. The minimum absolute atomic E-state index is 0.351. The fraction of sp³-hybridized carbons (Fsp3) is 0.833. The summed E-state index contributed by atoms with van der Waals surface area (Å²) in [5.74, 6) is 1.07. The van der Waals surface area contributed by atoms with E-state index in [4.69, 9.17) is 5.73 Å². The zero-order chi connectivity index (χ0) is 8.53. The van der Waals surface area contributed by atoms with E-state index in [1.54, 1.807) is 11.8 Å². The number of hydrogen-bond donors (Lipinski definition) is 2. The largest absolute Gasteiger partial charge is 0.448 e. The molecule has 4 nitrogen and oxygen atoms in total. The molecule has 11 heavy (non-hydrogen) atoms. The van der Waals surface area contributed by atoms with Crippen molar-refractivity contribution in [2.24, 2.45) is 5.73 Å². The summed E-state index contributed by atoms with van der Waals surface area (Å²) in [6.07, 6.45) is 1.33. The molecule has 1 amide bonds. The third kappa shape index (κ3) is 9.58. The van der Waals surface area contributed by atoms with Crippen molar-refractivity contribution in [2.45, 2.75) is 0 Å². The van der Waals surface area contributed by atoms with E-state index in [2.05, 4.69) is 10.1 Å². The highest BCUT2D eigenvalue weighted by Gasteiger charge is 1.91. The molecule has 0 spiro atoms. The van der Waals surface area contributed by atoms with Crippen LogP contribution in [-0.2, 0) is 4.74 Å². The Morgan fingerprint density at radius 3 is 2.91 bits per heavy atom. The van der Waals surface area contributed by atoms with Gasteiger partial charge in [0, 0.05) is 18.8 Å². The Kier molecular flexibility index (Phi) is 7.39. The lowest BCUT2D eigenvalue weighted by Gasteiger charge is -2.02. The summed E-state index contributed by atoms with van der Waals surface area (Å²) >= 11 is 1.77. The quantitative estimate of drug-likeness (QED) is 0.563. The van der Waals surface area contributed by atoms with Crippen molar-refractivity contribution in [2.75, 3.05) is 31.7 Å². The monoisotopic (exact) mass is 178 g/mol. The number of amides is 1. The number of rotatable bonds is 6. The molecule has 0 heterocycles. The molecule has 0 aromatic rings. The van der Waals surface area contributed by atoms with Gasteiger partial charge in [-0.05, 0) is 6.26 Å². The first-order valence-electron chi connectivity index (χ1n) is 3.39. The lowest BCUT2D eigenvalue weighted by atomic mass is 10.6. The molecule has 0 radical (unpaired) electrons. The molecule has 0 unspecified atom stereocenters. The van der Waals surface area contributed by atoms with Gasteiger partial charge in [-0.3, -0.25) is 0 Å². The number of nitrogens with one attached hydrogen (secondary N) is 1. The summed E-state index contributed by atoms with van der Waals surface area (Å²) < 4.78 is 4.49. The normalized spacial score (nSPS) is 9.55. The Hall–Kier alpha value is -0.420. The Bertz CT molecular complexity index is 111. The number of hydrogen-bond acceptors (Lipinski definition) is 4. The van der Waals surface area contributed by atoms with Crippen LogP contribution >= 0.6 is 11.8 Å². The van der Waals surface area contributed by atoms with E-state index in [0.717, 1.165) is 12.3 Å². The number of ether oxygens (including phenoxy) is 1. The average molecular weight is 178 g/mol. The topological polar surface area (TPSA) is 64.3 Å². The second kappa shape index (κ2) is 7.68. The lowest BCUT2D eigenvalue weighted by molar-refractivity contribution is 0.157. The van der Waals surface area contributed by atoms with Gasteiger partial charge in [0.05, 0.1) is 0 Å². The van der Waals surface area contributed by atoms with Crippen molar-refractivity contribution in [3.05, 3.63) is 0 Å². The van der Waals surface area contributed by atoms with Crippen molar-refractivity contribution in [1.82, 2.24) is 5.32 Å². The fourth-order valence-electron chi connectivity index (χ4n) is 0.523. The molecule has 0 aromatic carbocycles. The summed E-state index contributed by atoms with van der Waals surface area (Å²) in [4.78, 5) is 10.1. The minimum Gasteiger partial charge on any atom is -0.448 e. The van der Waals surface area contributed by atoms with Gasteiger partial charge in [0.2, 0.25) is 0 Å². The molecule has 0 aliphatic carbocycles. The smallest absolute Gasteiger partial charge is 0.404 e. The van der Waals surface area contributed by atoms with Crippen LogP contribution in [-0.4, -0.2) is 37.8 Å². The Morgan fingerprint density at radius 2 is 2.36 bits per heavy atom. The summed E-state index contributed by atoms with van der Waals surface area (Å²) in [6.45, 7) is 1.95. The van der Waals surface area contributed by atoms with Crippen LogP contribution in [0.2, 0.25) is 0 Å². The number of primary amides is 1. The molecule has 0 saturated carbocycles. The van der Waals surface area contributed by atoms with E-state index in [1.165, 1.54) is 0 Å². The number of thioether (sulfide) groups is 1. The van der Waals surface area contributed by atoms with Crippen LogP contribution in [0.5, 0.6) is 0 Å². The van der Waals surface area contributed by atoms with Crippen molar-refractivity contribution in [3.63, 3.8) is 0 Å². The molecule has 0 aliphatic heterocycles. The van der Waals surface area contributed by atoms with E-state index in [0.29, 0.717) is 13.2 Å². The molecular formula is C6H14N2O2S. The van der Waals surface area contributed by atoms with E-state index >= 15 is 0 Å². The van der Waals surface area contributed by atoms with Crippen LogP contribution in [0.15, 0.2) is 0 Å². The third-order valence-corrected chi connectivity index (χ3v) is 1.62. The maximum Gasteiger partial charge on any atom is 0.404 e. The van der Waals surface area contributed by atoms with Crippen LogP contribution in [0, 0.1) is 0 Å². The van der Waals surface area contributed by atoms with Crippen LogP contribution in [0.4, 0.5) is 4.79 Å². The van der Waals surface area contributed by atoms with Crippen LogP contribution in [0.1, 0.15) is 0 Å². The number of carbonyl (C=O) groups is 1. The first-order chi connectivity index (χ1) is 5.27. The van der Waals surface area contributed by atoms with Gasteiger partial charge in [-0.15, -0.1) is 0 Å². The Morgan fingerprint density at radius 1 is 1.64 bits per heavy atom. The summed E-state index contributed by atoms with van der Waals surface area (Å²) in [7, 11) is 0. The molecule has 0 rings (SSSR count). The second-order valence-electron chi connectivity index (χ2n) is 1.91. The second-order valence-corrected chi connectivity index (χ2v) is 2.90. The standard InChI is InChI=1S/C6H14N2O2S/c1-11-5-3-8-2-4-10-6(7)9/h8H,2-5H2,1H3,(H2,7,9). The zero-order valence-electron chi connectivity index (χ0n) is 6.63. The molecule has 66 valence electrons. The van der Waals surface area contributed by atoms with Crippen LogP contribution in [0.3, 0.4) is 0 Å². The highest BCUT2D eigenvalue weighted by atomic mass is 32.2. The molecule has 0 aliphatic rings. The fourth-order valence-corrected chi connectivity index (χ4v) is 0.871. The van der Waals surface area contributed by atoms with Crippen LogP contribution < -0.4 is 11.1 Å². The maximum absolute atomic E-state index is 10.1. The first-order valence-corrected chi connectivity index (χ1v) is 4.78. The molecule has 0 fully saturated rings. The van der Waals surface area contributed by atoms with Crippen molar-refractivity contribution < 1.29 is 9.53 Å². The van der Waals surface area contributed by atoms with E-state index in [-0.39, 0.29) is 0 Å². The minimum atomic E-state index is -0.711. The van der Waals surface area contributed by atoms with Crippen LogP contribution in [0.25, 0.3) is 0 Å². The van der Waals surface area contributed by atoms with Gasteiger partial charge in [0.1, 0.15) is 6.61 Å². The highest BCUT2D eigenvalue weighted by molar-refractivity contribution is 7.98. The summed E-state index contributed by atoms with van der Waals surface area (Å²) in [6, 6.07) is 0. The van der Waals surface area contributed by atoms with Gasteiger partial charge in [-0.2, -0.15) is 11.8 Å². The predicted molar refractivity (Wildman–Crippen MR) is 46.8 cm³/mol.